The molecule has 16 heteroatoms. The number of ether oxygens (including phenoxy) is 1. The zero-order valence-electron chi connectivity index (χ0n) is 32.6. The van der Waals surface area contributed by atoms with Crippen molar-refractivity contribution in [2.24, 2.45) is 10.8 Å². The summed E-state index contributed by atoms with van der Waals surface area (Å²) in [6, 6.07) is 12.2. The first-order valence-electron chi connectivity index (χ1n) is 19.3. The summed E-state index contributed by atoms with van der Waals surface area (Å²) < 4.78 is 46.8. The van der Waals surface area contributed by atoms with Gasteiger partial charge in [-0.2, -0.15) is 18.4 Å². The molecule has 13 nitrogen and oxygen atoms in total. The summed E-state index contributed by atoms with van der Waals surface area (Å²) in [5.41, 5.74) is -0.238. The average Bonchev–Trinajstić information content (AvgIpc) is 3.43. The van der Waals surface area contributed by atoms with Crippen LogP contribution in [0.4, 0.5) is 18.9 Å². The molecule has 1 atom stereocenters. The van der Waals surface area contributed by atoms with Crippen molar-refractivity contribution in [1.82, 2.24) is 25.4 Å². The summed E-state index contributed by atoms with van der Waals surface area (Å²) in [7, 11) is 0. The molecular weight excluding hydrogens is 755 g/mol. The van der Waals surface area contributed by atoms with Gasteiger partial charge in [-0.3, -0.25) is 44.1 Å². The lowest BCUT2D eigenvalue weighted by molar-refractivity contribution is -0.164. The minimum Gasteiger partial charge on any atom is -0.489 e. The number of benzene rings is 2. The maximum atomic E-state index is 13.6. The molecule has 2 saturated heterocycles. The second kappa shape index (κ2) is 15.2. The number of amides is 5. The quantitative estimate of drug-likeness (QED) is 0.274. The van der Waals surface area contributed by atoms with Gasteiger partial charge >= 0.3 is 6.18 Å². The first kappa shape index (κ1) is 40.4. The fraction of sp³-hybridized carbons (Fsp3) is 0.452. The van der Waals surface area contributed by atoms with Crippen molar-refractivity contribution in [2.75, 3.05) is 37.6 Å². The van der Waals surface area contributed by atoms with E-state index in [1.807, 2.05) is 39.8 Å². The Morgan fingerprint density at radius 2 is 1.67 bits per heavy atom. The third kappa shape index (κ3) is 7.50. The number of aromatic nitrogens is 1. The molecule has 3 fully saturated rings. The number of nitriles is 1. The number of aryl methyl sites for hydroxylation is 1. The van der Waals surface area contributed by atoms with Gasteiger partial charge in [0.05, 0.1) is 33.9 Å². The van der Waals surface area contributed by atoms with Gasteiger partial charge in [-0.05, 0) is 74.3 Å². The fourth-order valence-corrected chi connectivity index (χ4v) is 9.15. The first-order valence-corrected chi connectivity index (χ1v) is 19.3. The van der Waals surface area contributed by atoms with Crippen LogP contribution in [0.25, 0.3) is 0 Å². The van der Waals surface area contributed by atoms with Gasteiger partial charge in [-0.15, -0.1) is 0 Å². The number of piperazine rings is 1. The van der Waals surface area contributed by atoms with E-state index in [0.717, 1.165) is 67.6 Å². The van der Waals surface area contributed by atoms with E-state index in [9.17, 15) is 37.1 Å². The predicted octanol–water partition coefficient (Wildman–Crippen LogP) is 4.74. The van der Waals surface area contributed by atoms with Crippen LogP contribution in [0.1, 0.15) is 94.9 Å². The lowest BCUT2D eigenvalue weighted by atomic mass is 9.49. The topological polar surface area (TPSA) is 165 Å². The van der Waals surface area contributed by atoms with Gasteiger partial charge in [0.25, 0.3) is 17.7 Å². The minimum atomic E-state index is -4.71. The maximum absolute atomic E-state index is 13.6. The Kier molecular flexibility index (Phi) is 10.6. The fourth-order valence-electron chi connectivity index (χ4n) is 9.15. The third-order valence-corrected chi connectivity index (χ3v) is 11.9. The monoisotopic (exact) mass is 799 g/mol. The maximum Gasteiger partial charge on any atom is 0.417 e. The van der Waals surface area contributed by atoms with Gasteiger partial charge in [0.2, 0.25) is 11.8 Å². The molecule has 1 saturated carbocycles. The van der Waals surface area contributed by atoms with E-state index in [1.165, 1.54) is 6.07 Å². The van der Waals surface area contributed by atoms with E-state index >= 15 is 0 Å². The van der Waals surface area contributed by atoms with Gasteiger partial charge in [-0.25, -0.2) is 0 Å². The number of hydrogen-bond acceptors (Lipinski definition) is 10. The van der Waals surface area contributed by atoms with Crippen LogP contribution in [-0.2, 0) is 22.2 Å². The second-order valence-corrected chi connectivity index (χ2v) is 16.5. The number of carbonyl (C=O) groups is 5. The van der Waals surface area contributed by atoms with Crippen LogP contribution in [0.3, 0.4) is 0 Å². The van der Waals surface area contributed by atoms with E-state index in [4.69, 9.17) is 10.00 Å². The molecule has 0 spiro atoms. The lowest BCUT2D eigenvalue weighted by Crippen LogP contribution is -2.74. The Balaban J connectivity index is 0.871. The zero-order valence-corrected chi connectivity index (χ0v) is 32.6. The highest BCUT2D eigenvalue weighted by Crippen LogP contribution is 2.55. The molecule has 4 aliphatic rings. The van der Waals surface area contributed by atoms with Crippen LogP contribution in [0.15, 0.2) is 54.7 Å². The number of piperidine rings is 1. The zero-order chi connectivity index (χ0) is 41.7. The first-order chi connectivity index (χ1) is 27.4. The molecule has 0 radical (unpaired) electrons. The molecule has 1 aromatic heterocycles. The lowest BCUT2D eigenvalue weighted by Gasteiger charge is -2.63. The summed E-state index contributed by atoms with van der Waals surface area (Å²) >= 11 is 0. The molecule has 2 aromatic carbocycles. The van der Waals surface area contributed by atoms with E-state index < -0.39 is 63.9 Å². The normalized spacial score (nSPS) is 22.8. The predicted molar refractivity (Wildman–Crippen MR) is 204 cm³/mol. The molecule has 4 heterocycles. The van der Waals surface area contributed by atoms with Crippen LogP contribution in [0.2, 0.25) is 0 Å². The van der Waals surface area contributed by atoms with Gasteiger partial charge < -0.3 is 15.0 Å². The minimum absolute atomic E-state index is 0.000422. The number of nitrogens with zero attached hydrogens (tertiary/aromatic N) is 5. The molecule has 7 rings (SSSR count). The van der Waals surface area contributed by atoms with E-state index in [0.29, 0.717) is 12.0 Å². The number of alkyl halides is 3. The van der Waals surface area contributed by atoms with Gasteiger partial charge in [0, 0.05) is 67.0 Å². The number of fused-ring (bicyclic) bond motifs is 1. The van der Waals surface area contributed by atoms with Crippen LogP contribution < -0.4 is 20.3 Å². The van der Waals surface area contributed by atoms with E-state index in [-0.39, 0.29) is 41.7 Å². The molecule has 304 valence electrons. The van der Waals surface area contributed by atoms with Crippen LogP contribution in [-0.4, -0.2) is 95.2 Å². The van der Waals surface area contributed by atoms with Crippen molar-refractivity contribution in [3.8, 4) is 11.8 Å². The molecule has 1 unspecified atom stereocenters. The number of hydrogen-bond donors (Lipinski definition) is 2. The van der Waals surface area contributed by atoms with Crippen LogP contribution >= 0.6 is 0 Å². The van der Waals surface area contributed by atoms with Crippen molar-refractivity contribution in [1.29, 1.82) is 5.26 Å². The average molecular weight is 800 g/mol. The highest BCUT2D eigenvalue weighted by Gasteiger charge is 2.64. The number of imide groups is 2. The third-order valence-electron chi connectivity index (χ3n) is 11.9. The summed E-state index contributed by atoms with van der Waals surface area (Å²) in [6.07, 6.45) is -1.97. The van der Waals surface area contributed by atoms with Crippen LogP contribution in [0.5, 0.6) is 5.75 Å². The summed E-state index contributed by atoms with van der Waals surface area (Å²) in [4.78, 5) is 73.7. The van der Waals surface area contributed by atoms with Gasteiger partial charge in [0.1, 0.15) is 17.9 Å². The molecule has 58 heavy (non-hydrogen) atoms. The summed E-state index contributed by atoms with van der Waals surface area (Å²) in [6.45, 7) is 11.4. The number of pyridine rings is 1. The van der Waals surface area contributed by atoms with Gasteiger partial charge in [0.15, 0.2) is 0 Å². The molecular formula is C42H44F3N7O6. The Bertz CT molecular complexity index is 2190. The molecule has 5 amide bonds. The smallest absolute Gasteiger partial charge is 0.417 e. The standard InChI is InChI=1S/C42H44F3N7O6/c1-40(2)38(41(3,4)39(40)58-28-11-8-24(22-46)31(21-28)42(43,44)45)49-34(54)25-7-9-26(47-23-25)6-5-15-50-16-18-51(19-17-50)27-10-12-29-30(20-27)37(57)52(36(29)56)32-13-14-33(53)48-35(32)55/h7-12,20-21,23,32,38-39H,5-6,13-19H2,1-4H3,(H,49,54)(H,48,53,55). The Labute approximate surface area is 333 Å². The second-order valence-electron chi connectivity index (χ2n) is 16.5. The number of carbonyl (C=O) groups excluding carboxylic acids is 5. The number of anilines is 1. The molecule has 3 aliphatic heterocycles. The molecule has 3 aromatic rings. The van der Waals surface area contributed by atoms with Gasteiger partial charge in [-0.1, -0.05) is 27.7 Å². The van der Waals surface area contributed by atoms with Crippen molar-refractivity contribution in [3.63, 3.8) is 0 Å². The van der Waals surface area contributed by atoms with E-state index in [1.54, 1.807) is 30.5 Å². The summed E-state index contributed by atoms with van der Waals surface area (Å²) in [5.74, 6) is -2.43. The Morgan fingerprint density at radius 1 is 0.966 bits per heavy atom. The SMILES string of the molecule is CC1(C)C(NC(=O)c2ccc(CCCN3CCN(c4ccc5c(c4)C(=O)N(C4CCC(=O)NC4=O)C5=O)CC3)nc2)C(C)(C)C1Oc1ccc(C#N)c(C(F)(F)F)c1. The largest absolute Gasteiger partial charge is 0.489 e. The highest BCUT2D eigenvalue weighted by molar-refractivity contribution is 6.23. The van der Waals surface area contributed by atoms with Crippen LogP contribution in [0, 0.1) is 22.2 Å². The molecule has 2 N–H and O–H groups in total. The summed E-state index contributed by atoms with van der Waals surface area (Å²) in [5, 5.41) is 14.4. The molecule has 1 aliphatic carbocycles. The van der Waals surface area contributed by atoms with Crippen molar-refractivity contribution in [2.45, 2.75) is 77.7 Å². The Morgan fingerprint density at radius 3 is 2.31 bits per heavy atom. The molecule has 0 bridgehead atoms. The number of rotatable bonds is 10. The number of nitrogens with one attached hydrogen (secondary N) is 2. The van der Waals surface area contributed by atoms with Crippen molar-refractivity contribution in [3.05, 3.63) is 88.2 Å². The van der Waals surface area contributed by atoms with Crippen molar-refractivity contribution < 1.29 is 41.9 Å². The highest BCUT2D eigenvalue weighted by atomic mass is 19.4. The van der Waals surface area contributed by atoms with Crippen molar-refractivity contribution >= 4 is 35.2 Å². The van der Waals surface area contributed by atoms with E-state index in [2.05, 4.69) is 25.4 Å². The Hall–Kier alpha value is -5.82. The number of halogens is 3.